The second-order valence-corrected chi connectivity index (χ2v) is 8.77. The fourth-order valence-corrected chi connectivity index (χ4v) is 3.72. The Kier molecular flexibility index (Phi) is 20.9. The van der Waals surface area contributed by atoms with Gasteiger partial charge in [0.2, 0.25) is 0 Å². The van der Waals surface area contributed by atoms with Crippen molar-refractivity contribution in [3.63, 3.8) is 0 Å². The van der Waals surface area contributed by atoms with Gasteiger partial charge in [0, 0.05) is 6.42 Å². The topological polar surface area (TPSA) is 83.8 Å². The van der Waals surface area contributed by atoms with Crippen molar-refractivity contribution in [3.05, 3.63) is 11.8 Å². The van der Waals surface area contributed by atoms with Gasteiger partial charge in [-0.15, -0.1) is 0 Å². The molecule has 0 aliphatic heterocycles. The molecule has 1 atom stereocenters. The van der Waals surface area contributed by atoms with Crippen molar-refractivity contribution in [1.82, 2.24) is 0 Å². The first-order chi connectivity index (χ1) is 15.0. The summed E-state index contributed by atoms with van der Waals surface area (Å²) in [6.45, 7) is 4.38. The van der Waals surface area contributed by atoms with Gasteiger partial charge in [0.25, 0.3) is 0 Å². The Hall–Kier alpha value is -1.36. The number of esters is 1. The predicted octanol–water partition coefficient (Wildman–Crippen LogP) is 7.31. The molecule has 0 aromatic rings. The average Bonchev–Trinajstić information content (AvgIpc) is 2.71. The number of hydrogen-bond donors (Lipinski definition) is 2. The highest BCUT2D eigenvalue weighted by Gasteiger charge is 2.14. The zero-order valence-electron chi connectivity index (χ0n) is 20.2. The standard InChI is InChI=1S/C26H48O5/c1-3-5-7-9-10-11-12-13-14-16-17-19-23(27)21-26(30)31-24(22-25(28)29)20-18-15-8-6-4-2/h22-23,27H,3-21H2,1-2H3,(H,28,29). The number of ether oxygens (including phenoxy) is 1. The van der Waals surface area contributed by atoms with Crippen molar-refractivity contribution >= 4 is 11.9 Å². The van der Waals surface area contributed by atoms with Gasteiger partial charge in [-0.1, -0.05) is 110 Å². The van der Waals surface area contributed by atoms with Crippen molar-refractivity contribution in [2.45, 2.75) is 142 Å². The SMILES string of the molecule is CCCCCCCCCCCCCC(O)CC(=O)OC(=CC(=O)O)CCCCCCC. The molecule has 0 fully saturated rings. The second-order valence-electron chi connectivity index (χ2n) is 8.77. The van der Waals surface area contributed by atoms with Gasteiger partial charge < -0.3 is 14.9 Å². The molecule has 0 rings (SSSR count). The number of carboxylic acid groups (broad SMARTS) is 1. The van der Waals surface area contributed by atoms with E-state index in [0.29, 0.717) is 12.8 Å². The zero-order valence-corrected chi connectivity index (χ0v) is 20.2. The molecule has 31 heavy (non-hydrogen) atoms. The summed E-state index contributed by atoms with van der Waals surface area (Å²) in [5, 5.41) is 19.1. The van der Waals surface area contributed by atoms with Crippen LogP contribution in [0.25, 0.3) is 0 Å². The van der Waals surface area contributed by atoms with E-state index < -0.39 is 18.0 Å². The van der Waals surface area contributed by atoms with Gasteiger partial charge in [0.15, 0.2) is 0 Å². The van der Waals surface area contributed by atoms with Crippen LogP contribution < -0.4 is 0 Å². The Morgan fingerprint density at radius 2 is 1.19 bits per heavy atom. The number of rotatable bonds is 22. The molecule has 0 saturated heterocycles. The van der Waals surface area contributed by atoms with E-state index in [1.165, 1.54) is 57.8 Å². The normalized spacial score (nSPS) is 12.7. The molecule has 0 aromatic heterocycles. The summed E-state index contributed by atoms with van der Waals surface area (Å²) in [5.41, 5.74) is 0. The third kappa shape index (κ3) is 21.7. The molecule has 0 saturated carbocycles. The third-order valence-corrected chi connectivity index (χ3v) is 5.60. The van der Waals surface area contributed by atoms with Crippen molar-refractivity contribution in [1.29, 1.82) is 0 Å². The largest absolute Gasteiger partial charge is 0.478 e. The van der Waals surface area contributed by atoms with Crippen molar-refractivity contribution in [2.75, 3.05) is 0 Å². The molecule has 0 aliphatic rings. The van der Waals surface area contributed by atoms with Crippen LogP contribution in [-0.4, -0.2) is 28.3 Å². The minimum absolute atomic E-state index is 0.0788. The molecular weight excluding hydrogens is 392 g/mol. The van der Waals surface area contributed by atoms with E-state index >= 15 is 0 Å². The molecule has 0 aliphatic carbocycles. The molecule has 5 nitrogen and oxygen atoms in total. The minimum atomic E-state index is -1.11. The van der Waals surface area contributed by atoms with Crippen LogP contribution in [0.1, 0.15) is 136 Å². The average molecular weight is 441 g/mol. The fraction of sp³-hybridized carbons (Fsp3) is 0.846. The molecule has 0 aromatic carbocycles. The van der Waals surface area contributed by atoms with Gasteiger partial charge in [-0.3, -0.25) is 4.79 Å². The highest BCUT2D eigenvalue weighted by Crippen LogP contribution is 2.16. The van der Waals surface area contributed by atoms with Crippen LogP contribution in [0.5, 0.6) is 0 Å². The molecule has 0 amide bonds. The van der Waals surface area contributed by atoms with Crippen molar-refractivity contribution in [3.8, 4) is 0 Å². The summed E-state index contributed by atoms with van der Waals surface area (Å²) < 4.78 is 5.23. The van der Waals surface area contributed by atoms with Gasteiger partial charge in [-0.05, 0) is 12.8 Å². The van der Waals surface area contributed by atoms with Crippen molar-refractivity contribution < 1.29 is 24.5 Å². The summed E-state index contributed by atoms with van der Waals surface area (Å²) >= 11 is 0. The Morgan fingerprint density at radius 1 is 0.742 bits per heavy atom. The summed E-state index contributed by atoms with van der Waals surface area (Å²) in [5.74, 6) is -1.47. The van der Waals surface area contributed by atoms with E-state index in [4.69, 9.17) is 9.84 Å². The predicted molar refractivity (Wildman–Crippen MR) is 127 cm³/mol. The maximum absolute atomic E-state index is 12.1. The molecule has 0 spiro atoms. The van der Waals surface area contributed by atoms with E-state index in [2.05, 4.69) is 13.8 Å². The van der Waals surface area contributed by atoms with Crippen LogP contribution >= 0.6 is 0 Å². The third-order valence-electron chi connectivity index (χ3n) is 5.60. The highest BCUT2D eigenvalue weighted by atomic mass is 16.5. The summed E-state index contributed by atoms with van der Waals surface area (Å²) in [4.78, 5) is 23.0. The van der Waals surface area contributed by atoms with Gasteiger partial charge in [-0.2, -0.15) is 0 Å². The first-order valence-corrected chi connectivity index (χ1v) is 12.8. The summed E-state index contributed by atoms with van der Waals surface area (Å²) in [6, 6.07) is 0. The quantitative estimate of drug-likeness (QED) is 0.0798. The Bertz CT molecular complexity index is 472. The second kappa shape index (κ2) is 21.9. The number of aliphatic hydroxyl groups excluding tert-OH is 1. The van der Waals surface area contributed by atoms with Gasteiger partial charge >= 0.3 is 11.9 Å². The van der Waals surface area contributed by atoms with E-state index in [9.17, 15) is 14.7 Å². The fourth-order valence-electron chi connectivity index (χ4n) is 3.72. The van der Waals surface area contributed by atoms with Crippen LogP contribution in [0.4, 0.5) is 0 Å². The number of aliphatic hydroxyl groups is 1. The minimum Gasteiger partial charge on any atom is -0.478 e. The van der Waals surface area contributed by atoms with Crippen LogP contribution in [0, 0.1) is 0 Å². The molecule has 5 heteroatoms. The number of carbonyl (C=O) groups is 2. The number of unbranched alkanes of at least 4 members (excludes halogenated alkanes) is 14. The summed E-state index contributed by atoms with van der Waals surface area (Å²) in [6.07, 6.45) is 20.1. The molecule has 0 bridgehead atoms. The van der Waals surface area contributed by atoms with E-state index in [-0.39, 0.29) is 12.2 Å². The Balaban J connectivity index is 3.86. The number of carbonyl (C=O) groups excluding carboxylic acids is 1. The van der Waals surface area contributed by atoms with Crippen LogP contribution in [0.15, 0.2) is 11.8 Å². The van der Waals surface area contributed by atoms with Crippen LogP contribution in [-0.2, 0) is 14.3 Å². The number of hydrogen-bond acceptors (Lipinski definition) is 4. The van der Waals surface area contributed by atoms with Gasteiger partial charge in [0.05, 0.1) is 18.6 Å². The number of carboxylic acids is 1. The maximum Gasteiger partial charge on any atom is 0.331 e. The molecule has 0 heterocycles. The highest BCUT2D eigenvalue weighted by molar-refractivity contribution is 5.81. The van der Waals surface area contributed by atoms with E-state index in [1.807, 2.05) is 0 Å². The zero-order chi connectivity index (χ0) is 23.2. The Labute approximate surface area is 190 Å². The lowest BCUT2D eigenvalue weighted by molar-refractivity contribution is -0.142. The Morgan fingerprint density at radius 3 is 1.68 bits per heavy atom. The van der Waals surface area contributed by atoms with Crippen LogP contribution in [0.3, 0.4) is 0 Å². The lowest BCUT2D eigenvalue weighted by atomic mass is 10.0. The first kappa shape index (κ1) is 29.6. The van der Waals surface area contributed by atoms with Gasteiger partial charge in [-0.25, -0.2) is 4.79 Å². The molecule has 182 valence electrons. The smallest absolute Gasteiger partial charge is 0.331 e. The van der Waals surface area contributed by atoms with E-state index in [0.717, 1.165) is 51.0 Å². The molecule has 2 N–H and O–H groups in total. The van der Waals surface area contributed by atoms with Crippen LogP contribution in [0.2, 0.25) is 0 Å². The molecule has 1 unspecified atom stereocenters. The van der Waals surface area contributed by atoms with Gasteiger partial charge in [0.1, 0.15) is 5.76 Å². The van der Waals surface area contributed by atoms with Crippen molar-refractivity contribution in [2.24, 2.45) is 0 Å². The molecule has 0 radical (unpaired) electrons. The number of aliphatic carboxylic acids is 1. The molecular formula is C26H48O5. The van der Waals surface area contributed by atoms with E-state index in [1.54, 1.807) is 0 Å². The lowest BCUT2D eigenvalue weighted by Gasteiger charge is -2.12. The summed E-state index contributed by atoms with van der Waals surface area (Å²) in [7, 11) is 0. The lowest BCUT2D eigenvalue weighted by Crippen LogP contribution is -2.16. The monoisotopic (exact) mass is 440 g/mol. The first-order valence-electron chi connectivity index (χ1n) is 12.8. The number of allylic oxidation sites excluding steroid dienone is 1. The maximum atomic E-state index is 12.1.